The second-order valence-electron chi connectivity index (χ2n) is 8.83. The lowest BCUT2D eigenvalue weighted by molar-refractivity contribution is -0.135. The van der Waals surface area contributed by atoms with E-state index in [1.54, 1.807) is 12.4 Å². The van der Waals surface area contributed by atoms with Crippen molar-refractivity contribution in [2.75, 3.05) is 25.5 Å². The lowest BCUT2D eigenvalue weighted by Gasteiger charge is -2.36. The van der Waals surface area contributed by atoms with E-state index in [1.807, 2.05) is 67.5 Å². The van der Waals surface area contributed by atoms with Gasteiger partial charge in [0.1, 0.15) is 0 Å². The van der Waals surface area contributed by atoms with Crippen LogP contribution in [-0.2, 0) is 11.2 Å². The van der Waals surface area contributed by atoms with Crippen molar-refractivity contribution in [3.8, 4) is 11.1 Å². The molecule has 33 heavy (non-hydrogen) atoms. The Labute approximate surface area is 195 Å². The Kier molecular flexibility index (Phi) is 7.27. The molecule has 1 aliphatic heterocycles. The number of likely N-dealkylation sites (tertiary alicyclic amines) is 1. The molecule has 1 atom stereocenters. The molecule has 1 saturated heterocycles. The summed E-state index contributed by atoms with van der Waals surface area (Å²) >= 11 is 0. The molecule has 7 heteroatoms. The summed E-state index contributed by atoms with van der Waals surface area (Å²) in [6, 6.07) is 7.88. The second kappa shape index (κ2) is 10.5. The van der Waals surface area contributed by atoms with Crippen LogP contribution in [0.25, 0.3) is 11.1 Å². The van der Waals surface area contributed by atoms with Gasteiger partial charge in [0.2, 0.25) is 11.9 Å². The first-order chi connectivity index (χ1) is 16.0. The molecule has 0 radical (unpaired) electrons. The number of rotatable bonds is 7. The standard InChI is InChI=1S/C26H32N6O/c1-19-17-27-15-13-21(19)22-18-29-26(31(2)3)30-25(22)23-11-5-7-16-32(23)24(33)12-8-10-20-9-4-6-14-28-20/h4,6,9,13-15,17-18,23H,5,7-8,10-12,16H2,1-3H3. The second-order valence-corrected chi connectivity index (χ2v) is 8.83. The van der Waals surface area contributed by atoms with Crippen molar-refractivity contribution in [3.05, 3.63) is 66.0 Å². The first kappa shape index (κ1) is 22.8. The molecule has 3 aromatic rings. The molecule has 0 spiro atoms. The fraction of sp³-hybridized carbons (Fsp3) is 0.423. The third-order valence-electron chi connectivity index (χ3n) is 6.20. The SMILES string of the molecule is Cc1cnccc1-c1cnc(N(C)C)nc1C1CCCCN1C(=O)CCCc1ccccn1. The van der Waals surface area contributed by atoms with Gasteiger partial charge in [-0.2, -0.15) is 0 Å². The van der Waals surface area contributed by atoms with Gasteiger partial charge in [-0.15, -0.1) is 0 Å². The summed E-state index contributed by atoms with van der Waals surface area (Å²) in [5.41, 5.74) is 5.09. The lowest BCUT2D eigenvalue weighted by atomic mass is 9.92. The van der Waals surface area contributed by atoms with Crippen molar-refractivity contribution in [3.63, 3.8) is 0 Å². The Bertz CT molecular complexity index is 1090. The van der Waals surface area contributed by atoms with Gasteiger partial charge < -0.3 is 9.80 Å². The molecule has 0 N–H and O–H groups in total. The average Bonchev–Trinajstić information content (AvgIpc) is 2.84. The van der Waals surface area contributed by atoms with Crippen molar-refractivity contribution < 1.29 is 4.79 Å². The maximum Gasteiger partial charge on any atom is 0.225 e. The predicted molar refractivity (Wildman–Crippen MR) is 130 cm³/mol. The van der Waals surface area contributed by atoms with E-state index in [1.165, 1.54) is 0 Å². The highest BCUT2D eigenvalue weighted by molar-refractivity contribution is 5.78. The molecule has 0 bridgehead atoms. The van der Waals surface area contributed by atoms with Crippen molar-refractivity contribution in [2.24, 2.45) is 0 Å². The molecule has 0 aliphatic carbocycles. The van der Waals surface area contributed by atoms with Gasteiger partial charge in [0, 0.05) is 63.1 Å². The summed E-state index contributed by atoms with van der Waals surface area (Å²) in [4.78, 5) is 35.5. The molecule has 4 rings (SSSR count). The minimum absolute atomic E-state index is 0.0506. The summed E-state index contributed by atoms with van der Waals surface area (Å²) in [6.45, 7) is 2.82. The fourth-order valence-corrected chi connectivity index (χ4v) is 4.46. The van der Waals surface area contributed by atoms with E-state index >= 15 is 0 Å². The molecule has 7 nitrogen and oxygen atoms in total. The Balaban J connectivity index is 1.61. The van der Waals surface area contributed by atoms with Crippen LogP contribution in [0.15, 0.2) is 49.1 Å². The molecule has 1 amide bonds. The molecular formula is C26H32N6O. The number of aryl methyl sites for hydroxylation is 2. The number of carbonyl (C=O) groups excluding carboxylic acids is 1. The van der Waals surface area contributed by atoms with Crippen LogP contribution in [0, 0.1) is 6.92 Å². The Morgan fingerprint density at radius 1 is 1.09 bits per heavy atom. The monoisotopic (exact) mass is 444 g/mol. The van der Waals surface area contributed by atoms with Crippen LogP contribution in [0.4, 0.5) is 5.95 Å². The maximum absolute atomic E-state index is 13.3. The van der Waals surface area contributed by atoms with E-state index < -0.39 is 0 Å². The molecular weight excluding hydrogens is 412 g/mol. The fourth-order valence-electron chi connectivity index (χ4n) is 4.46. The van der Waals surface area contributed by atoms with Crippen LogP contribution in [0.2, 0.25) is 0 Å². The van der Waals surface area contributed by atoms with Crippen LogP contribution in [0.1, 0.15) is 55.1 Å². The number of pyridine rings is 2. The van der Waals surface area contributed by atoms with Crippen molar-refractivity contribution >= 4 is 11.9 Å². The normalized spacial score (nSPS) is 16.0. The molecule has 0 aromatic carbocycles. The van der Waals surface area contributed by atoms with Gasteiger partial charge in [-0.25, -0.2) is 9.97 Å². The van der Waals surface area contributed by atoms with Gasteiger partial charge in [-0.1, -0.05) is 6.07 Å². The van der Waals surface area contributed by atoms with Crippen molar-refractivity contribution in [1.82, 2.24) is 24.8 Å². The van der Waals surface area contributed by atoms with E-state index in [0.29, 0.717) is 12.4 Å². The average molecular weight is 445 g/mol. The van der Waals surface area contributed by atoms with Crippen LogP contribution in [0.5, 0.6) is 0 Å². The van der Waals surface area contributed by atoms with Crippen molar-refractivity contribution in [2.45, 2.75) is 51.5 Å². The molecule has 0 saturated carbocycles. The zero-order chi connectivity index (χ0) is 23.2. The number of anilines is 1. The number of aromatic nitrogens is 4. The van der Waals surface area contributed by atoms with Gasteiger partial charge in [-0.3, -0.25) is 14.8 Å². The topological polar surface area (TPSA) is 75.1 Å². The molecule has 3 aromatic heterocycles. The van der Waals surface area contributed by atoms with Crippen molar-refractivity contribution in [1.29, 1.82) is 0 Å². The Hall–Kier alpha value is -3.35. The number of nitrogens with zero attached hydrogens (tertiary/aromatic N) is 6. The highest BCUT2D eigenvalue weighted by Gasteiger charge is 2.31. The summed E-state index contributed by atoms with van der Waals surface area (Å²) in [6.07, 6.45) is 12.5. The smallest absolute Gasteiger partial charge is 0.225 e. The molecule has 1 aliphatic rings. The zero-order valence-corrected chi connectivity index (χ0v) is 19.7. The quantitative estimate of drug-likeness (QED) is 0.538. The van der Waals surface area contributed by atoms with Gasteiger partial charge in [0.25, 0.3) is 0 Å². The van der Waals surface area contributed by atoms with Gasteiger partial charge in [-0.05, 0) is 68.4 Å². The third kappa shape index (κ3) is 5.35. The van der Waals surface area contributed by atoms with Gasteiger partial charge in [0.05, 0.1) is 11.7 Å². The van der Waals surface area contributed by atoms with Crippen LogP contribution >= 0.6 is 0 Å². The predicted octanol–water partition coefficient (Wildman–Crippen LogP) is 4.38. The third-order valence-corrected chi connectivity index (χ3v) is 6.20. The largest absolute Gasteiger partial charge is 0.347 e. The minimum atomic E-state index is -0.0506. The summed E-state index contributed by atoms with van der Waals surface area (Å²) in [7, 11) is 3.88. The van der Waals surface area contributed by atoms with E-state index in [2.05, 4.69) is 15.0 Å². The minimum Gasteiger partial charge on any atom is -0.347 e. The summed E-state index contributed by atoms with van der Waals surface area (Å²) in [5, 5.41) is 0. The molecule has 1 unspecified atom stereocenters. The summed E-state index contributed by atoms with van der Waals surface area (Å²) < 4.78 is 0. The number of carbonyl (C=O) groups is 1. The first-order valence-corrected chi connectivity index (χ1v) is 11.7. The van der Waals surface area contributed by atoms with E-state index in [-0.39, 0.29) is 11.9 Å². The Morgan fingerprint density at radius 3 is 2.73 bits per heavy atom. The van der Waals surface area contributed by atoms with E-state index in [4.69, 9.17) is 4.98 Å². The number of hydrogen-bond acceptors (Lipinski definition) is 6. The van der Waals surface area contributed by atoms with Crippen LogP contribution in [0.3, 0.4) is 0 Å². The molecule has 4 heterocycles. The number of hydrogen-bond donors (Lipinski definition) is 0. The maximum atomic E-state index is 13.3. The first-order valence-electron chi connectivity index (χ1n) is 11.7. The van der Waals surface area contributed by atoms with Gasteiger partial charge >= 0.3 is 0 Å². The number of amides is 1. The summed E-state index contributed by atoms with van der Waals surface area (Å²) in [5.74, 6) is 0.853. The zero-order valence-electron chi connectivity index (χ0n) is 19.7. The number of piperidine rings is 1. The van der Waals surface area contributed by atoms with Crippen LogP contribution in [-0.4, -0.2) is 51.4 Å². The van der Waals surface area contributed by atoms with Gasteiger partial charge in [0.15, 0.2) is 0 Å². The lowest BCUT2D eigenvalue weighted by Crippen LogP contribution is -2.39. The van der Waals surface area contributed by atoms with Crippen LogP contribution < -0.4 is 4.90 Å². The highest BCUT2D eigenvalue weighted by Crippen LogP contribution is 2.37. The Morgan fingerprint density at radius 2 is 1.97 bits per heavy atom. The van der Waals surface area contributed by atoms with E-state index in [9.17, 15) is 4.79 Å². The highest BCUT2D eigenvalue weighted by atomic mass is 16.2. The molecule has 1 fully saturated rings. The molecule has 172 valence electrons. The van der Waals surface area contributed by atoms with E-state index in [0.717, 1.165) is 66.7 Å².